The molecule has 0 saturated carbocycles. The zero-order valence-corrected chi connectivity index (χ0v) is 17.0. The zero-order chi connectivity index (χ0) is 21.1. The Hall–Kier alpha value is -3.79. The third-order valence-corrected chi connectivity index (χ3v) is 5.04. The molecule has 3 N–H and O–H groups in total. The summed E-state index contributed by atoms with van der Waals surface area (Å²) in [6, 6.07) is 12.6. The average Bonchev–Trinajstić information content (AvgIpc) is 3.15. The molecule has 0 aliphatic carbocycles. The van der Waals surface area contributed by atoms with Crippen molar-refractivity contribution in [3.63, 3.8) is 0 Å². The van der Waals surface area contributed by atoms with Gasteiger partial charge in [-0.05, 0) is 36.4 Å². The van der Waals surface area contributed by atoms with Gasteiger partial charge < -0.3 is 20.5 Å². The second kappa shape index (κ2) is 8.29. The molecule has 0 bridgehead atoms. The van der Waals surface area contributed by atoms with Crippen LogP contribution in [0, 0.1) is 0 Å². The van der Waals surface area contributed by atoms with Crippen molar-refractivity contribution in [3.8, 4) is 0 Å². The van der Waals surface area contributed by atoms with Crippen molar-refractivity contribution in [2.24, 2.45) is 0 Å². The summed E-state index contributed by atoms with van der Waals surface area (Å²) >= 11 is 0. The summed E-state index contributed by atoms with van der Waals surface area (Å²) in [5.41, 5.74) is 2.76. The molecule has 0 radical (unpaired) electrons. The molecule has 2 heterocycles. The van der Waals surface area contributed by atoms with E-state index in [1.807, 2.05) is 18.2 Å². The van der Waals surface area contributed by atoms with Crippen LogP contribution < -0.4 is 16.0 Å². The SMILES string of the molecule is CC(=O)Nc1cccc(Nc2nc(Nc3ccc4oncc4c3)ncc2S(C)=O)c1. The fraction of sp³-hybridized carbons (Fsp3) is 0.100. The number of carbonyl (C=O) groups is 1. The topological polar surface area (TPSA) is 122 Å². The van der Waals surface area contributed by atoms with Crippen LogP contribution in [0.5, 0.6) is 0 Å². The lowest BCUT2D eigenvalue weighted by atomic mass is 10.2. The van der Waals surface area contributed by atoms with Crippen molar-refractivity contribution in [1.29, 1.82) is 0 Å². The molecule has 0 aliphatic rings. The predicted molar refractivity (Wildman–Crippen MR) is 116 cm³/mol. The number of anilines is 5. The smallest absolute Gasteiger partial charge is 0.229 e. The number of aromatic nitrogens is 3. The van der Waals surface area contributed by atoms with Crippen molar-refractivity contribution < 1.29 is 13.5 Å². The van der Waals surface area contributed by atoms with Gasteiger partial charge in [-0.2, -0.15) is 4.98 Å². The van der Waals surface area contributed by atoms with Crippen LogP contribution in [0.1, 0.15) is 6.92 Å². The molecule has 10 heteroatoms. The molecular weight excluding hydrogens is 404 g/mol. The minimum atomic E-state index is -1.30. The van der Waals surface area contributed by atoms with E-state index in [0.717, 1.165) is 11.1 Å². The Bertz CT molecular complexity index is 1260. The fourth-order valence-corrected chi connectivity index (χ4v) is 3.39. The lowest BCUT2D eigenvalue weighted by Crippen LogP contribution is -2.07. The number of nitrogens with zero attached hydrogens (tertiary/aromatic N) is 3. The van der Waals surface area contributed by atoms with E-state index in [1.165, 1.54) is 13.1 Å². The number of amides is 1. The second-order valence-corrected chi connectivity index (χ2v) is 7.80. The summed E-state index contributed by atoms with van der Waals surface area (Å²) in [5, 5.41) is 13.6. The van der Waals surface area contributed by atoms with E-state index < -0.39 is 10.8 Å². The van der Waals surface area contributed by atoms with Gasteiger partial charge in [-0.25, -0.2) is 4.98 Å². The monoisotopic (exact) mass is 422 g/mol. The maximum absolute atomic E-state index is 12.2. The molecule has 2 aromatic carbocycles. The molecule has 9 nitrogen and oxygen atoms in total. The lowest BCUT2D eigenvalue weighted by Gasteiger charge is -2.13. The Morgan fingerprint density at radius 2 is 1.83 bits per heavy atom. The van der Waals surface area contributed by atoms with Crippen molar-refractivity contribution >= 4 is 56.5 Å². The number of nitrogens with one attached hydrogen (secondary N) is 3. The summed E-state index contributed by atoms with van der Waals surface area (Å²) < 4.78 is 17.3. The first-order chi connectivity index (χ1) is 14.5. The highest BCUT2D eigenvalue weighted by Gasteiger charge is 2.12. The Balaban J connectivity index is 1.62. The zero-order valence-electron chi connectivity index (χ0n) is 16.2. The quantitative estimate of drug-likeness (QED) is 0.429. The molecule has 0 spiro atoms. The van der Waals surface area contributed by atoms with E-state index in [0.29, 0.717) is 33.6 Å². The first kappa shape index (κ1) is 19.5. The number of carbonyl (C=O) groups excluding carboxylic acids is 1. The summed E-state index contributed by atoms with van der Waals surface area (Å²) in [4.78, 5) is 20.5. The van der Waals surface area contributed by atoms with E-state index in [4.69, 9.17) is 4.52 Å². The molecule has 152 valence electrons. The maximum Gasteiger partial charge on any atom is 0.229 e. The average molecular weight is 422 g/mol. The van der Waals surface area contributed by atoms with Crippen molar-refractivity contribution in [3.05, 3.63) is 54.9 Å². The molecular formula is C20H18N6O3S. The van der Waals surface area contributed by atoms with Crippen molar-refractivity contribution in [2.45, 2.75) is 11.8 Å². The van der Waals surface area contributed by atoms with Crippen molar-refractivity contribution in [1.82, 2.24) is 15.1 Å². The molecule has 2 aromatic heterocycles. The van der Waals surface area contributed by atoms with Gasteiger partial charge in [0.25, 0.3) is 0 Å². The van der Waals surface area contributed by atoms with Gasteiger partial charge in [-0.15, -0.1) is 0 Å². The molecule has 4 rings (SSSR count). The summed E-state index contributed by atoms with van der Waals surface area (Å²) in [7, 11) is -1.30. The molecule has 0 fully saturated rings. The predicted octanol–water partition coefficient (Wildman–Crippen LogP) is 3.80. The van der Waals surface area contributed by atoms with E-state index in [2.05, 4.69) is 31.1 Å². The van der Waals surface area contributed by atoms with Gasteiger partial charge in [-0.1, -0.05) is 11.2 Å². The normalized spacial score (nSPS) is 11.8. The fourth-order valence-electron chi connectivity index (χ4n) is 2.82. The Morgan fingerprint density at radius 1 is 1.03 bits per heavy atom. The first-order valence-corrected chi connectivity index (χ1v) is 10.5. The Morgan fingerprint density at radius 3 is 2.63 bits per heavy atom. The van der Waals surface area contributed by atoms with Crippen molar-refractivity contribution in [2.75, 3.05) is 22.2 Å². The molecule has 1 atom stereocenters. The molecule has 0 saturated heterocycles. The van der Waals surface area contributed by atoms with Crippen LogP contribution in [0.15, 0.2) is 64.3 Å². The van der Waals surface area contributed by atoms with E-state index in [1.54, 1.807) is 36.7 Å². The van der Waals surface area contributed by atoms with Gasteiger partial charge in [0.15, 0.2) is 11.4 Å². The first-order valence-electron chi connectivity index (χ1n) is 8.94. The van der Waals surface area contributed by atoms with Gasteiger partial charge in [0.1, 0.15) is 0 Å². The molecule has 30 heavy (non-hydrogen) atoms. The van der Waals surface area contributed by atoms with Gasteiger partial charge in [0, 0.05) is 35.6 Å². The van der Waals surface area contributed by atoms with Gasteiger partial charge in [0.2, 0.25) is 11.9 Å². The Labute approximate surface area is 174 Å². The molecule has 0 aliphatic heterocycles. The van der Waals surface area contributed by atoms with E-state index in [-0.39, 0.29) is 5.91 Å². The summed E-state index contributed by atoms with van der Waals surface area (Å²) in [5.74, 6) is 0.570. The number of fused-ring (bicyclic) bond motifs is 1. The third kappa shape index (κ3) is 4.44. The largest absolute Gasteiger partial charge is 0.356 e. The van der Waals surface area contributed by atoms with Crippen LogP contribution in [-0.4, -0.2) is 31.5 Å². The number of hydrogen-bond acceptors (Lipinski definition) is 8. The van der Waals surface area contributed by atoms with Crippen LogP contribution >= 0.6 is 0 Å². The lowest BCUT2D eigenvalue weighted by molar-refractivity contribution is -0.114. The van der Waals surface area contributed by atoms with E-state index >= 15 is 0 Å². The second-order valence-electron chi connectivity index (χ2n) is 6.45. The Kier molecular flexibility index (Phi) is 5.40. The molecule has 1 amide bonds. The highest BCUT2D eigenvalue weighted by atomic mass is 32.2. The molecule has 4 aromatic rings. The minimum absolute atomic E-state index is 0.166. The van der Waals surface area contributed by atoms with E-state index in [9.17, 15) is 9.00 Å². The summed E-state index contributed by atoms with van der Waals surface area (Å²) in [6.45, 7) is 1.44. The maximum atomic E-state index is 12.2. The summed E-state index contributed by atoms with van der Waals surface area (Å²) in [6.07, 6.45) is 4.70. The molecule has 1 unspecified atom stereocenters. The number of hydrogen-bond donors (Lipinski definition) is 3. The number of rotatable bonds is 6. The van der Waals surface area contributed by atoms with Crippen LogP contribution in [0.4, 0.5) is 28.8 Å². The van der Waals surface area contributed by atoms with Crippen LogP contribution in [0.3, 0.4) is 0 Å². The van der Waals surface area contributed by atoms with Gasteiger partial charge >= 0.3 is 0 Å². The standard InChI is InChI=1S/C20H18N6O3S/c1-12(27)23-14-4-3-5-15(9-14)24-19-18(30(2)28)11-21-20(26-19)25-16-6-7-17-13(8-16)10-22-29-17/h3-11H,1-2H3,(H,23,27)(H2,21,24,25,26). The third-order valence-electron chi connectivity index (χ3n) is 4.12. The highest BCUT2D eigenvalue weighted by molar-refractivity contribution is 7.84. The van der Waals surface area contributed by atoms with Crippen LogP contribution in [0.2, 0.25) is 0 Å². The van der Waals surface area contributed by atoms with Gasteiger partial charge in [-0.3, -0.25) is 9.00 Å². The highest BCUT2D eigenvalue weighted by Crippen LogP contribution is 2.26. The van der Waals surface area contributed by atoms with Crippen LogP contribution in [-0.2, 0) is 15.6 Å². The van der Waals surface area contributed by atoms with Crippen LogP contribution in [0.25, 0.3) is 11.0 Å². The van der Waals surface area contributed by atoms with Gasteiger partial charge in [0.05, 0.1) is 28.1 Å². The minimum Gasteiger partial charge on any atom is -0.356 e. The number of benzene rings is 2.